The van der Waals surface area contributed by atoms with Gasteiger partial charge in [-0.05, 0) is 37.1 Å². The molecule has 1 amide bonds. The molecule has 0 N–H and O–H groups in total. The van der Waals surface area contributed by atoms with Crippen molar-refractivity contribution in [1.29, 1.82) is 0 Å². The lowest BCUT2D eigenvalue weighted by molar-refractivity contribution is 0.115. The predicted molar refractivity (Wildman–Crippen MR) is 88.7 cm³/mol. The third-order valence-corrected chi connectivity index (χ3v) is 3.93. The summed E-state index contributed by atoms with van der Waals surface area (Å²) in [5.74, 6) is 0. The molecule has 3 rings (SSSR count). The highest BCUT2D eigenvalue weighted by molar-refractivity contribution is 5.72. The number of hydrogen-bond acceptors (Lipinski definition) is 3. The molecule has 0 spiro atoms. The molecular formula is C18H21N3O2. The van der Waals surface area contributed by atoms with Crippen molar-refractivity contribution in [2.45, 2.75) is 33.4 Å². The Hall–Kier alpha value is -2.56. The highest BCUT2D eigenvalue weighted by atomic mass is 16.6. The highest BCUT2D eigenvalue weighted by Crippen LogP contribution is 2.19. The van der Waals surface area contributed by atoms with Crippen molar-refractivity contribution in [2.75, 3.05) is 6.61 Å². The van der Waals surface area contributed by atoms with Crippen LogP contribution in [-0.2, 0) is 24.2 Å². The maximum Gasteiger partial charge on any atom is 0.414 e. The van der Waals surface area contributed by atoms with Crippen LogP contribution in [0.3, 0.4) is 0 Å². The molecule has 120 valence electrons. The molecule has 1 aliphatic heterocycles. The van der Waals surface area contributed by atoms with Gasteiger partial charge in [0, 0.05) is 24.9 Å². The van der Waals surface area contributed by atoms with Gasteiger partial charge in [0.1, 0.15) is 0 Å². The van der Waals surface area contributed by atoms with Crippen molar-refractivity contribution in [3.8, 4) is 0 Å². The van der Waals surface area contributed by atoms with E-state index in [1.54, 1.807) is 11.1 Å². The van der Waals surface area contributed by atoms with Crippen molar-refractivity contribution < 1.29 is 9.53 Å². The van der Waals surface area contributed by atoms with Crippen LogP contribution in [-0.4, -0.2) is 27.4 Å². The minimum atomic E-state index is -0.310. The number of carbonyl (C=O) groups is 1. The molecule has 0 atom stereocenters. The van der Waals surface area contributed by atoms with Gasteiger partial charge in [-0.25, -0.2) is 4.79 Å². The summed E-state index contributed by atoms with van der Waals surface area (Å²) in [6.07, 6.45) is 4.09. The first-order valence-electron chi connectivity index (χ1n) is 7.90. The van der Waals surface area contributed by atoms with E-state index in [4.69, 9.17) is 4.74 Å². The van der Waals surface area contributed by atoms with Gasteiger partial charge in [0.2, 0.25) is 0 Å². The van der Waals surface area contributed by atoms with Gasteiger partial charge in [-0.15, -0.1) is 0 Å². The SMILES string of the molecule is CCn1nc(C)cc1CCOC(=O)N1C=Cc2ccccc2C1. The summed E-state index contributed by atoms with van der Waals surface area (Å²) in [7, 11) is 0. The fourth-order valence-electron chi connectivity index (χ4n) is 2.77. The van der Waals surface area contributed by atoms with Crippen LogP contribution in [0.4, 0.5) is 4.79 Å². The van der Waals surface area contributed by atoms with Crippen molar-refractivity contribution >= 4 is 12.2 Å². The molecule has 1 aromatic heterocycles. The van der Waals surface area contributed by atoms with E-state index in [2.05, 4.69) is 12.0 Å². The van der Waals surface area contributed by atoms with Crippen molar-refractivity contribution in [1.82, 2.24) is 14.7 Å². The van der Waals surface area contributed by atoms with E-state index in [0.29, 0.717) is 19.6 Å². The van der Waals surface area contributed by atoms with E-state index in [9.17, 15) is 4.79 Å². The Labute approximate surface area is 136 Å². The molecule has 2 heterocycles. The third-order valence-electron chi connectivity index (χ3n) is 3.93. The van der Waals surface area contributed by atoms with Crippen LogP contribution in [0.2, 0.25) is 0 Å². The number of carbonyl (C=O) groups excluding carboxylic acids is 1. The molecule has 0 saturated heterocycles. The number of hydrogen-bond donors (Lipinski definition) is 0. The molecule has 0 unspecified atom stereocenters. The topological polar surface area (TPSA) is 47.4 Å². The van der Waals surface area contributed by atoms with Crippen LogP contribution in [0.1, 0.15) is 29.4 Å². The van der Waals surface area contributed by atoms with E-state index in [1.807, 2.05) is 48.0 Å². The van der Waals surface area contributed by atoms with Crippen LogP contribution in [0.15, 0.2) is 36.5 Å². The Morgan fingerprint density at radius 1 is 1.35 bits per heavy atom. The highest BCUT2D eigenvalue weighted by Gasteiger charge is 2.17. The lowest BCUT2D eigenvalue weighted by Gasteiger charge is -2.22. The summed E-state index contributed by atoms with van der Waals surface area (Å²) in [6, 6.07) is 10.1. The van der Waals surface area contributed by atoms with Gasteiger partial charge in [0.15, 0.2) is 0 Å². The zero-order chi connectivity index (χ0) is 16.2. The number of nitrogens with zero attached hydrogens (tertiary/aromatic N) is 3. The monoisotopic (exact) mass is 311 g/mol. The van der Waals surface area contributed by atoms with Gasteiger partial charge in [0.05, 0.1) is 18.8 Å². The zero-order valence-corrected chi connectivity index (χ0v) is 13.5. The average molecular weight is 311 g/mol. The molecular weight excluding hydrogens is 290 g/mol. The van der Waals surface area contributed by atoms with E-state index in [1.165, 1.54) is 0 Å². The molecule has 0 bridgehead atoms. The standard InChI is InChI=1S/C18H21N3O2/c1-3-21-17(12-14(2)19-21)9-11-23-18(22)20-10-8-15-6-4-5-7-16(15)13-20/h4-8,10,12H,3,9,11,13H2,1-2H3. The Kier molecular flexibility index (Phi) is 4.46. The van der Waals surface area contributed by atoms with Gasteiger partial charge < -0.3 is 4.74 Å². The second kappa shape index (κ2) is 6.69. The van der Waals surface area contributed by atoms with Crippen LogP contribution >= 0.6 is 0 Å². The van der Waals surface area contributed by atoms with Crippen molar-refractivity contribution in [2.24, 2.45) is 0 Å². The third kappa shape index (κ3) is 3.44. The van der Waals surface area contributed by atoms with Crippen molar-refractivity contribution in [3.05, 3.63) is 59.0 Å². The van der Waals surface area contributed by atoms with Gasteiger partial charge >= 0.3 is 6.09 Å². The molecule has 0 aliphatic carbocycles. The minimum Gasteiger partial charge on any atom is -0.449 e. The smallest absolute Gasteiger partial charge is 0.414 e. The molecule has 1 aromatic carbocycles. The zero-order valence-electron chi connectivity index (χ0n) is 13.5. The largest absolute Gasteiger partial charge is 0.449 e. The van der Waals surface area contributed by atoms with Crippen LogP contribution in [0.25, 0.3) is 6.08 Å². The van der Waals surface area contributed by atoms with E-state index >= 15 is 0 Å². The summed E-state index contributed by atoms with van der Waals surface area (Å²) in [4.78, 5) is 13.8. The van der Waals surface area contributed by atoms with E-state index in [0.717, 1.165) is 29.1 Å². The second-order valence-corrected chi connectivity index (χ2v) is 5.60. The molecule has 0 radical (unpaired) electrons. The number of fused-ring (bicyclic) bond motifs is 1. The average Bonchev–Trinajstić information content (AvgIpc) is 2.94. The summed E-state index contributed by atoms with van der Waals surface area (Å²) in [5, 5.41) is 4.40. The Morgan fingerprint density at radius 3 is 3.00 bits per heavy atom. The van der Waals surface area contributed by atoms with Gasteiger partial charge in [0.25, 0.3) is 0 Å². The first kappa shape index (κ1) is 15.3. The summed E-state index contributed by atoms with van der Waals surface area (Å²) >= 11 is 0. The summed E-state index contributed by atoms with van der Waals surface area (Å²) < 4.78 is 7.35. The molecule has 0 fully saturated rings. The van der Waals surface area contributed by atoms with E-state index in [-0.39, 0.29) is 6.09 Å². The fourth-order valence-corrected chi connectivity index (χ4v) is 2.77. The predicted octanol–water partition coefficient (Wildman–Crippen LogP) is 3.38. The number of amides is 1. The lowest BCUT2D eigenvalue weighted by Crippen LogP contribution is -2.28. The molecule has 1 aliphatic rings. The quantitative estimate of drug-likeness (QED) is 0.869. The normalized spacial score (nSPS) is 13.0. The van der Waals surface area contributed by atoms with Crippen LogP contribution in [0.5, 0.6) is 0 Å². The van der Waals surface area contributed by atoms with Crippen LogP contribution < -0.4 is 0 Å². The van der Waals surface area contributed by atoms with E-state index < -0.39 is 0 Å². The van der Waals surface area contributed by atoms with Crippen LogP contribution in [0, 0.1) is 6.92 Å². The Morgan fingerprint density at radius 2 is 2.17 bits per heavy atom. The van der Waals surface area contributed by atoms with Gasteiger partial charge in [-0.2, -0.15) is 5.10 Å². The number of ether oxygens (including phenoxy) is 1. The first-order valence-corrected chi connectivity index (χ1v) is 7.90. The summed E-state index contributed by atoms with van der Waals surface area (Å²) in [5.41, 5.74) is 4.37. The Bertz CT molecular complexity index is 734. The summed E-state index contributed by atoms with van der Waals surface area (Å²) in [6.45, 7) is 5.76. The number of benzene rings is 1. The molecule has 5 heteroatoms. The maximum atomic E-state index is 12.2. The fraction of sp³-hybridized carbons (Fsp3) is 0.333. The lowest BCUT2D eigenvalue weighted by atomic mass is 10.1. The number of aromatic nitrogens is 2. The first-order chi connectivity index (χ1) is 11.2. The molecule has 5 nitrogen and oxygen atoms in total. The number of aryl methyl sites for hydroxylation is 2. The van der Waals surface area contributed by atoms with Gasteiger partial charge in [-0.3, -0.25) is 9.58 Å². The number of rotatable bonds is 4. The van der Waals surface area contributed by atoms with Crippen molar-refractivity contribution in [3.63, 3.8) is 0 Å². The Balaban J connectivity index is 1.54. The second-order valence-electron chi connectivity index (χ2n) is 5.60. The van der Waals surface area contributed by atoms with Gasteiger partial charge in [-0.1, -0.05) is 24.3 Å². The molecule has 23 heavy (non-hydrogen) atoms. The molecule has 0 saturated carbocycles. The molecule has 2 aromatic rings. The maximum absolute atomic E-state index is 12.2. The minimum absolute atomic E-state index is 0.310.